The summed E-state index contributed by atoms with van der Waals surface area (Å²) in [6.45, 7) is 0. The molecule has 1 fully saturated rings. The lowest BCUT2D eigenvalue weighted by Gasteiger charge is -2.36. The van der Waals surface area contributed by atoms with E-state index in [9.17, 15) is 5.11 Å². The molecule has 1 aliphatic carbocycles. The molecule has 0 aromatic carbocycles. The fourth-order valence-electron chi connectivity index (χ4n) is 1.73. The second kappa shape index (κ2) is 3.24. The van der Waals surface area contributed by atoms with Crippen LogP contribution in [0.25, 0.3) is 0 Å². The number of aromatic nitrogens is 1. The summed E-state index contributed by atoms with van der Waals surface area (Å²) in [5.41, 5.74) is 0.368. The van der Waals surface area contributed by atoms with Crippen molar-refractivity contribution in [3.8, 4) is 0 Å². The lowest BCUT2D eigenvalue weighted by atomic mass is 9.76. The van der Waals surface area contributed by atoms with Gasteiger partial charge in [0.1, 0.15) is 5.82 Å². The van der Waals surface area contributed by atoms with Gasteiger partial charge < -0.3 is 10.0 Å². The van der Waals surface area contributed by atoms with Gasteiger partial charge in [0, 0.05) is 25.9 Å². The monoisotopic (exact) mass is 192 g/mol. The molecule has 3 heteroatoms. The van der Waals surface area contributed by atoms with Gasteiger partial charge in [0.25, 0.3) is 0 Å². The van der Waals surface area contributed by atoms with Crippen molar-refractivity contribution in [2.75, 3.05) is 19.0 Å². The van der Waals surface area contributed by atoms with E-state index in [0.717, 1.165) is 30.6 Å². The van der Waals surface area contributed by atoms with Crippen molar-refractivity contribution in [1.29, 1.82) is 0 Å². The van der Waals surface area contributed by atoms with Gasteiger partial charge in [0.2, 0.25) is 0 Å². The Labute approximate surface area is 84.4 Å². The van der Waals surface area contributed by atoms with E-state index in [1.807, 2.05) is 31.1 Å². The second-order valence-electron chi connectivity index (χ2n) is 4.18. The molecule has 76 valence electrons. The van der Waals surface area contributed by atoms with E-state index in [-0.39, 0.29) is 0 Å². The maximum Gasteiger partial charge on any atom is 0.127 e. The lowest BCUT2D eigenvalue weighted by Crippen LogP contribution is -2.33. The van der Waals surface area contributed by atoms with E-state index >= 15 is 0 Å². The molecule has 3 nitrogen and oxygen atoms in total. The fraction of sp³-hybridized carbons (Fsp3) is 0.545. The third-order valence-electron chi connectivity index (χ3n) is 2.92. The predicted molar refractivity (Wildman–Crippen MR) is 56.3 cm³/mol. The Bertz CT molecular complexity index is 315. The van der Waals surface area contributed by atoms with Gasteiger partial charge in [-0.1, -0.05) is 6.07 Å². The van der Waals surface area contributed by atoms with Crippen molar-refractivity contribution >= 4 is 5.82 Å². The van der Waals surface area contributed by atoms with E-state index in [1.165, 1.54) is 0 Å². The van der Waals surface area contributed by atoms with Crippen LogP contribution in [0.3, 0.4) is 0 Å². The minimum atomic E-state index is -0.585. The third-order valence-corrected chi connectivity index (χ3v) is 2.92. The first kappa shape index (κ1) is 9.46. The zero-order valence-electron chi connectivity index (χ0n) is 8.70. The first-order valence-electron chi connectivity index (χ1n) is 4.98. The number of aliphatic hydroxyl groups is 1. The van der Waals surface area contributed by atoms with E-state index in [1.54, 1.807) is 6.20 Å². The highest BCUT2D eigenvalue weighted by atomic mass is 16.3. The molecule has 1 aromatic rings. The quantitative estimate of drug-likeness (QED) is 0.771. The van der Waals surface area contributed by atoms with Crippen LogP contribution in [0.5, 0.6) is 0 Å². The standard InChI is InChI=1S/C11H16N2O/c1-13(2)10-5-4-9(8-12-10)11(14)6-3-7-11/h4-5,8,14H,3,6-7H2,1-2H3. The molecule has 14 heavy (non-hydrogen) atoms. The Kier molecular flexibility index (Phi) is 2.19. The van der Waals surface area contributed by atoms with Crippen molar-refractivity contribution in [1.82, 2.24) is 4.98 Å². The Morgan fingerprint density at radius 3 is 2.43 bits per heavy atom. The molecule has 0 bridgehead atoms. The Balaban J connectivity index is 2.21. The molecule has 0 unspecified atom stereocenters. The van der Waals surface area contributed by atoms with Gasteiger partial charge >= 0.3 is 0 Å². The van der Waals surface area contributed by atoms with E-state index in [0.29, 0.717) is 0 Å². The summed E-state index contributed by atoms with van der Waals surface area (Å²) in [7, 11) is 3.92. The average molecular weight is 192 g/mol. The molecule has 1 aliphatic rings. The van der Waals surface area contributed by atoms with Gasteiger partial charge in [-0.3, -0.25) is 0 Å². The van der Waals surface area contributed by atoms with E-state index < -0.39 is 5.60 Å². The Morgan fingerprint density at radius 1 is 1.36 bits per heavy atom. The van der Waals surface area contributed by atoms with Crippen LogP contribution in [-0.4, -0.2) is 24.2 Å². The maximum absolute atomic E-state index is 10.1. The van der Waals surface area contributed by atoms with Crippen LogP contribution in [0, 0.1) is 0 Å². The zero-order valence-corrected chi connectivity index (χ0v) is 8.70. The summed E-state index contributed by atoms with van der Waals surface area (Å²) in [5.74, 6) is 0.927. The molecule has 1 aromatic heterocycles. The largest absolute Gasteiger partial charge is 0.385 e. The number of pyridine rings is 1. The highest BCUT2D eigenvalue weighted by molar-refractivity contribution is 5.38. The predicted octanol–water partition coefficient (Wildman–Crippen LogP) is 1.52. The van der Waals surface area contributed by atoms with E-state index in [2.05, 4.69) is 4.98 Å². The number of hydrogen-bond donors (Lipinski definition) is 1. The van der Waals surface area contributed by atoms with Crippen LogP contribution in [0.4, 0.5) is 5.82 Å². The lowest BCUT2D eigenvalue weighted by molar-refractivity contribution is -0.0390. The van der Waals surface area contributed by atoms with Gasteiger partial charge in [-0.15, -0.1) is 0 Å². The Hall–Kier alpha value is -1.09. The SMILES string of the molecule is CN(C)c1ccc(C2(O)CCC2)cn1. The van der Waals surface area contributed by atoms with Gasteiger partial charge in [-0.25, -0.2) is 4.98 Å². The normalized spacial score (nSPS) is 18.8. The summed E-state index contributed by atoms with van der Waals surface area (Å²) in [4.78, 5) is 6.25. The van der Waals surface area contributed by atoms with Crippen molar-refractivity contribution in [3.63, 3.8) is 0 Å². The number of anilines is 1. The summed E-state index contributed by atoms with van der Waals surface area (Å²) in [5, 5.41) is 10.1. The topological polar surface area (TPSA) is 36.4 Å². The number of rotatable bonds is 2. The summed E-state index contributed by atoms with van der Waals surface area (Å²) < 4.78 is 0. The van der Waals surface area contributed by atoms with Gasteiger partial charge in [-0.05, 0) is 25.3 Å². The van der Waals surface area contributed by atoms with E-state index in [4.69, 9.17) is 0 Å². The molecule has 0 aliphatic heterocycles. The van der Waals surface area contributed by atoms with Crippen LogP contribution >= 0.6 is 0 Å². The summed E-state index contributed by atoms with van der Waals surface area (Å²) in [6, 6.07) is 3.92. The zero-order chi connectivity index (χ0) is 10.2. The number of nitrogens with zero attached hydrogens (tertiary/aromatic N) is 2. The average Bonchev–Trinajstić information content (AvgIpc) is 2.14. The minimum absolute atomic E-state index is 0.585. The van der Waals surface area contributed by atoms with Crippen molar-refractivity contribution in [2.24, 2.45) is 0 Å². The molecule has 0 spiro atoms. The minimum Gasteiger partial charge on any atom is -0.385 e. The molecule has 0 radical (unpaired) electrons. The van der Waals surface area contributed by atoms with Gasteiger partial charge in [-0.2, -0.15) is 0 Å². The van der Waals surface area contributed by atoms with Gasteiger partial charge in [0.05, 0.1) is 5.60 Å². The van der Waals surface area contributed by atoms with Crippen molar-refractivity contribution < 1.29 is 5.11 Å². The van der Waals surface area contributed by atoms with Crippen LogP contribution in [0.15, 0.2) is 18.3 Å². The first-order chi connectivity index (χ1) is 6.62. The molecule has 0 atom stereocenters. The van der Waals surface area contributed by atoms with Crippen LogP contribution < -0.4 is 4.90 Å². The van der Waals surface area contributed by atoms with Crippen molar-refractivity contribution in [3.05, 3.63) is 23.9 Å². The van der Waals surface area contributed by atoms with Crippen LogP contribution in [0.2, 0.25) is 0 Å². The summed E-state index contributed by atoms with van der Waals surface area (Å²) >= 11 is 0. The summed E-state index contributed by atoms with van der Waals surface area (Å²) in [6.07, 6.45) is 4.65. The molecule has 1 saturated carbocycles. The molecule has 0 saturated heterocycles. The van der Waals surface area contributed by atoms with Crippen LogP contribution in [0.1, 0.15) is 24.8 Å². The first-order valence-corrected chi connectivity index (χ1v) is 4.98. The van der Waals surface area contributed by atoms with Gasteiger partial charge in [0.15, 0.2) is 0 Å². The highest BCUT2D eigenvalue weighted by Crippen LogP contribution is 2.40. The second-order valence-corrected chi connectivity index (χ2v) is 4.18. The molecular weight excluding hydrogens is 176 g/mol. The van der Waals surface area contributed by atoms with Crippen LogP contribution in [-0.2, 0) is 5.60 Å². The molecule has 0 amide bonds. The molecule has 2 rings (SSSR count). The van der Waals surface area contributed by atoms with Crippen molar-refractivity contribution in [2.45, 2.75) is 24.9 Å². The third kappa shape index (κ3) is 1.48. The maximum atomic E-state index is 10.1. The smallest absolute Gasteiger partial charge is 0.127 e. The molecule has 1 heterocycles. The molecule has 1 N–H and O–H groups in total. The fourth-order valence-corrected chi connectivity index (χ4v) is 1.73. The molecular formula is C11H16N2O. The Morgan fingerprint density at radius 2 is 2.07 bits per heavy atom. The number of hydrogen-bond acceptors (Lipinski definition) is 3. The highest BCUT2D eigenvalue weighted by Gasteiger charge is 2.36.